The van der Waals surface area contributed by atoms with Crippen molar-refractivity contribution in [3.8, 4) is 21.3 Å². The molecule has 1 saturated heterocycles. The molecule has 248 valence electrons. The van der Waals surface area contributed by atoms with Crippen molar-refractivity contribution in [2.45, 2.75) is 76.5 Å². The number of thiazole rings is 1. The van der Waals surface area contributed by atoms with Crippen LogP contribution in [0.15, 0.2) is 22.7 Å². The highest BCUT2D eigenvalue weighted by Gasteiger charge is 2.71. The number of hydrogen-bond donors (Lipinski definition) is 2. The van der Waals surface area contributed by atoms with Crippen LogP contribution in [0.2, 0.25) is 0 Å². The minimum atomic E-state index is -6.34. The summed E-state index contributed by atoms with van der Waals surface area (Å²) >= 11 is 0.577. The lowest BCUT2D eigenvalue weighted by Crippen LogP contribution is -2.54. The SMILES string of the molecule is CC1CC(F)(F)CN1Cc1nc(-c2noc(CC(C)(C)C(=O)O)n2)sc1-c1ccc(C(O)(C(F)(F)F)C(F)(F)F)cc1C(F)F. The number of aliphatic carboxylic acids is 1. The number of hydrogen-bond acceptors (Lipinski definition) is 8. The van der Waals surface area contributed by atoms with Crippen molar-refractivity contribution in [2.24, 2.45) is 5.41 Å². The first-order valence-electron chi connectivity index (χ1n) is 12.9. The summed E-state index contributed by atoms with van der Waals surface area (Å²) in [6, 6.07) is -0.118. The number of carboxylic acids is 1. The highest BCUT2D eigenvalue weighted by atomic mass is 32.1. The second-order valence-corrected chi connectivity index (χ2v) is 12.3. The van der Waals surface area contributed by atoms with Gasteiger partial charge in [0.15, 0.2) is 5.01 Å². The van der Waals surface area contributed by atoms with Crippen LogP contribution in [0.1, 0.15) is 56.3 Å². The number of aliphatic hydroxyl groups is 1. The average Bonchev–Trinajstić information content (AvgIpc) is 3.58. The predicted octanol–water partition coefficient (Wildman–Crippen LogP) is 6.99. The molecule has 1 aliphatic rings. The number of halogens is 10. The maximum atomic E-state index is 14.3. The second kappa shape index (κ2) is 11.5. The number of nitrogens with zero attached hydrogens (tertiary/aromatic N) is 4. The van der Waals surface area contributed by atoms with Crippen molar-refractivity contribution in [1.82, 2.24) is 20.0 Å². The summed E-state index contributed by atoms with van der Waals surface area (Å²) in [6.07, 6.45) is -17.1. The molecule has 1 atom stereocenters. The maximum Gasteiger partial charge on any atom is 0.430 e. The van der Waals surface area contributed by atoms with Gasteiger partial charge in [-0.25, -0.2) is 22.5 Å². The molecule has 2 N–H and O–H groups in total. The van der Waals surface area contributed by atoms with Crippen molar-refractivity contribution in [1.29, 1.82) is 0 Å². The fourth-order valence-corrected chi connectivity index (χ4v) is 5.83. The van der Waals surface area contributed by atoms with Crippen molar-refractivity contribution in [3.05, 3.63) is 40.9 Å². The molecule has 8 nitrogen and oxygen atoms in total. The van der Waals surface area contributed by atoms with E-state index in [1.165, 1.54) is 25.7 Å². The topological polar surface area (TPSA) is 113 Å². The second-order valence-electron chi connectivity index (χ2n) is 11.3. The summed E-state index contributed by atoms with van der Waals surface area (Å²) in [6.45, 7) is 3.08. The van der Waals surface area contributed by atoms with E-state index in [0.717, 1.165) is 0 Å². The van der Waals surface area contributed by atoms with Crippen LogP contribution < -0.4 is 0 Å². The zero-order chi connectivity index (χ0) is 33.9. The summed E-state index contributed by atoms with van der Waals surface area (Å²) in [7, 11) is 0. The lowest BCUT2D eigenvalue weighted by Gasteiger charge is -2.33. The number of likely N-dealkylation sites (tertiary alicyclic amines) is 1. The van der Waals surface area contributed by atoms with Gasteiger partial charge in [-0.05, 0) is 26.8 Å². The monoisotopic (exact) mass is 678 g/mol. The first kappa shape index (κ1) is 34.6. The van der Waals surface area contributed by atoms with E-state index in [1.807, 2.05) is 0 Å². The minimum absolute atomic E-state index is 0.114. The zero-order valence-corrected chi connectivity index (χ0v) is 24.2. The largest absolute Gasteiger partial charge is 0.481 e. The Balaban J connectivity index is 1.86. The van der Waals surface area contributed by atoms with Crippen molar-refractivity contribution in [3.63, 3.8) is 0 Å². The first-order chi connectivity index (χ1) is 20.5. The molecule has 1 aromatic carbocycles. The third-order valence-electron chi connectivity index (χ3n) is 7.30. The van der Waals surface area contributed by atoms with Gasteiger partial charge in [-0.3, -0.25) is 9.69 Å². The van der Waals surface area contributed by atoms with E-state index in [4.69, 9.17) is 4.52 Å². The van der Waals surface area contributed by atoms with Gasteiger partial charge >= 0.3 is 18.3 Å². The Morgan fingerprint density at radius 1 is 1.13 bits per heavy atom. The molecular formula is C26H24F10N4O4S. The van der Waals surface area contributed by atoms with Crippen LogP contribution in [0.25, 0.3) is 21.3 Å². The Morgan fingerprint density at radius 3 is 2.27 bits per heavy atom. The molecule has 1 fully saturated rings. The summed E-state index contributed by atoms with van der Waals surface area (Å²) in [4.78, 5) is 20.8. The van der Waals surface area contributed by atoms with Crippen LogP contribution in [-0.2, 0) is 23.4 Å². The summed E-state index contributed by atoms with van der Waals surface area (Å²) in [5, 5.41) is 22.7. The van der Waals surface area contributed by atoms with Crippen LogP contribution >= 0.6 is 11.3 Å². The van der Waals surface area contributed by atoms with Gasteiger partial charge in [0.25, 0.3) is 17.9 Å². The Morgan fingerprint density at radius 2 is 1.76 bits per heavy atom. The molecule has 0 aliphatic carbocycles. The molecule has 0 amide bonds. The first-order valence-corrected chi connectivity index (χ1v) is 13.7. The Bertz CT molecular complexity index is 1550. The zero-order valence-electron chi connectivity index (χ0n) is 23.4. The quantitative estimate of drug-likeness (QED) is 0.233. The van der Waals surface area contributed by atoms with Crippen LogP contribution in [-0.4, -0.2) is 67.1 Å². The number of rotatable bonds is 9. The summed E-state index contributed by atoms with van der Waals surface area (Å²) < 4.78 is 143. The third kappa shape index (κ3) is 6.65. The van der Waals surface area contributed by atoms with E-state index in [1.54, 1.807) is 0 Å². The lowest BCUT2D eigenvalue weighted by molar-refractivity contribution is -0.376. The molecule has 0 bridgehead atoms. The van der Waals surface area contributed by atoms with Gasteiger partial charge < -0.3 is 14.7 Å². The number of carboxylic acid groups (broad SMARTS) is 1. The van der Waals surface area contributed by atoms with Crippen molar-refractivity contribution >= 4 is 17.3 Å². The van der Waals surface area contributed by atoms with Crippen LogP contribution in [0, 0.1) is 5.41 Å². The predicted molar refractivity (Wildman–Crippen MR) is 136 cm³/mol. The Kier molecular flexibility index (Phi) is 8.82. The number of carbonyl (C=O) groups is 1. The highest BCUT2D eigenvalue weighted by molar-refractivity contribution is 7.18. The van der Waals surface area contributed by atoms with E-state index in [2.05, 4.69) is 15.1 Å². The number of benzene rings is 1. The molecule has 2 aromatic heterocycles. The fraction of sp³-hybridized carbons (Fsp3) is 0.538. The Labute approximate surface area is 251 Å². The van der Waals surface area contributed by atoms with E-state index in [0.29, 0.717) is 17.4 Å². The van der Waals surface area contributed by atoms with Gasteiger partial charge in [0.05, 0.1) is 22.5 Å². The smallest absolute Gasteiger partial charge is 0.430 e. The van der Waals surface area contributed by atoms with Crippen LogP contribution in [0.4, 0.5) is 43.9 Å². The molecule has 0 radical (unpaired) electrons. The van der Waals surface area contributed by atoms with Gasteiger partial charge in [0, 0.05) is 42.1 Å². The van der Waals surface area contributed by atoms with Crippen LogP contribution in [0.3, 0.4) is 0 Å². The van der Waals surface area contributed by atoms with E-state index in [-0.39, 0.29) is 45.8 Å². The third-order valence-corrected chi connectivity index (χ3v) is 8.43. The van der Waals surface area contributed by atoms with Gasteiger partial charge in [-0.1, -0.05) is 17.3 Å². The van der Waals surface area contributed by atoms with Crippen LogP contribution in [0.5, 0.6) is 0 Å². The molecular weight excluding hydrogens is 654 g/mol. The molecule has 45 heavy (non-hydrogen) atoms. The Hall–Kier alpha value is -3.32. The fourth-order valence-electron chi connectivity index (χ4n) is 4.78. The molecule has 0 saturated carbocycles. The van der Waals surface area contributed by atoms with E-state index >= 15 is 0 Å². The van der Waals surface area contributed by atoms with Gasteiger partial charge in [0.1, 0.15) is 0 Å². The average molecular weight is 679 g/mol. The van der Waals surface area contributed by atoms with Gasteiger partial charge in [-0.2, -0.15) is 31.3 Å². The maximum absolute atomic E-state index is 14.3. The molecule has 3 heterocycles. The molecule has 19 heteroatoms. The molecule has 1 aliphatic heterocycles. The minimum Gasteiger partial charge on any atom is -0.481 e. The molecule has 3 aromatic rings. The molecule has 1 unspecified atom stereocenters. The normalized spacial score (nSPS) is 18.2. The molecule has 4 rings (SSSR count). The summed E-state index contributed by atoms with van der Waals surface area (Å²) in [5.41, 5.74) is -10.8. The standard InChI is InChI=1S/C26H24F10N4O4S/c1-11-7-23(29,30)10-40(11)9-15-17(45-20(37-15)19-38-16(44-39-19)8-22(2,3)21(41)42)13-5-4-12(6-14(13)18(27)28)24(43,25(31,32)33)26(34,35)36/h4-6,11,18,43H,7-10H2,1-3H3,(H,41,42). The van der Waals surface area contributed by atoms with Crippen molar-refractivity contribution < 1.29 is 63.4 Å². The number of aromatic nitrogens is 3. The number of alkyl halides is 10. The van der Waals surface area contributed by atoms with E-state index in [9.17, 15) is 58.9 Å². The lowest BCUT2D eigenvalue weighted by atomic mass is 9.89. The summed E-state index contributed by atoms with van der Waals surface area (Å²) in [5.74, 6) is -4.71. The van der Waals surface area contributed by atoms with Gasteiger partial charge in [0.2, 0.25) is 11.7 Å². The van der Waals surface area contributed by atoms with E-state index < -0.39 is 83.9 Å². The molecule has 0 spiro atoms. The highest BCUT2D eigenvalue weighted by Crippen LogP contribution is 2.51. The van der Waals surface area contributed by atoms with Crippen molar-refractivity contribution in [2.75, 3.05) is 6.54 Å². The van der Waals surface area contributed by atoms with Gasteiger partial charge in [-0.15, -0.1) is 11.3 Å².